The van der Waals surface area contributed by atoms with E-state index in [0.717, 1.165) is 89.9 Å². The van der Waals surface area contributed by atoms with Crippen LogP contribution in [-0.2, 0) is 17.3 Å². The van der Waals surface area contributed by atoms with E-state index in [9.17, 15) is 0 Å². The third-order valence-electron chi connectivity index (χ3n) is 21.8. The highest BCUT2D eigenvalue weighted by molar-refractivity contribution is 6.07. The number of hydrogen-bond donors (Lipinski definition) is 0. The van der Waals surface area contributed by atoms with E-state index in [1.165, 1.54) is 99.6 Å². The van der Waals surface area contributed by atoms with Gasteiger partial charge in [0.15, 0.2) is 11.6 Å². The zero-order valence-electron chi connectivity index (χ0n) is 56.9. The fraction of sp³-hybridized carbons (Fsp3) is 0.0612. The molecule has 17 aromatic rings. The maximum Gasteiger partial charge on any atom is 0.160 e. The van der Waals surface area contributed by atoms with Gasteiger partial charge < -0.3 is 0 Å². The Kier molecular flexibility index (Phi) is 14.4. The van der Waals surface area contributed by atoms with Crippen molar-refractivity contribution in [3.63, 3.8) is 0 Å². The van der Waals surface area contributed by atoms with Gasteiger partial charge >= 0.3 is 0 Å². The minimum absolute atomic E-state index is 0.0799. The largest absolute Gasteiger partial charge is 0.228 e. The number of aromatic nitrogens is 4. The minimum atomic E-state index is -0.360. The molecule has 19 rings (SSSR count). The van der Waals surface area contributed by atoms with E-state index in [2.05, 4.69) is 360 Å². The Morgan fingerprint density at radius 3 is 1.25 bits per heavy atom. The summed E-state index contributed by atoms with van der Waals surface area (Å²) < 4.78 is 0. The maximum absolute atomic E-state index is 5.56. The van der Waals surface area contributed by atoms with Crippen LogP contribution >= 0.6 is 0 Å². The SMILES string of the molecule is CC1(C)c2ccccc2-c2c(-c3cccc(-c4ccc(-c5cc(-c6ccccc6)nc(-c6cccc(CC7(C)c8ccccc8-c8c(-c9cccc(-c%10ccc(-c%11cc(-c%12ccc%13ccccc%13c%12)nc(-c%12ccccc%12)n%11)c%11ccccc%10%11)c9)cccc87)c6)n5)c5ccccc45)c3)cccc21. The Bertz CT molecular complexity index is 6220. The van der Waals surface area contributed by atoms with E-state index in [-0.39, 0.29) is 10.8 Å². The molecule has 1 atom stereocenters. The second kappa shape index (κ2) is 24.3. The van der Waals surface area contributed by atoms with Crippen LogP contribution in [0.2, 0.25) is 0 Å². The quantitative estimate of drug-likeness (QED) is 0.122. The number of nitrogens with zero attached hydrogens (tertiary/aromatic N) is 4. The van der Waals surface area contributed by atoms with Crippen molar-refractivity contribution in [1.82, 2.24) is 19.9 Å². The van der Waals surface area contributed by atoms with Gasteiger partial charge in [0.1, 0.15) is 0 Å². The fourth-order valence-electron chi connectivity index (χ4n) is 16.8. The highest BCUT2D eigenvalue weighted by atomic mass is 14.9. The van der Waals surface area contributed by atoms with E-state index in [1.807, 2.05) is 6.07 Å². The molecule has 0 saturated heterocycles. The second-order valence-electron chi connectivity index (χ2n) is 28.2. The van der Waals surface area contributed by atoms with E-state index in [0.29, 0.717) is 11.6 Å². The molecule has 2 aromatic heterocycles. The standard InChI is InChI=1S/C98H68N4/c1-97(2)85-45-18-16-41-83(85)93-75(43-23-47-87(93)97)69-34-21-32-67(57-69)73-51-53-81(79-39-14-12-37-77(73)79)91-59-89(64-27-6-4-7-28-64)99-96(102-91)72-36-20-25-62(55-72)61-98(3)86-46-19-17-42-84(86)94-76(44-24-48-88(94)98)70-35-22-33-68(58-70)74-52-54-82(80-40-15-13-38-78(74)80)92-60-90(100-95(101-92)65-29-8-5-9-30-65)71-50-49-63-26-10-11-31-66(63)56-71/h4-60H,61H2,1-3H3. The van der Waals surface area contributed by atoms with Crippen LogP contribution in [0, 0.1) is 0 Å². The van der Waals surface area contributed by atoms with Gasteiger partial charge in [0.25, 0.3) is 0 Å². The third kappa shape index (κ3) is 10.2. The maximum atomic E-state index is 5.56. The van der Waals surface area contributed by atoms with E-state index < -0.39 is 0 Å². The summed E-state index contributed by atoms with van der Waals surface area (Å²) in [6.45, 7) is 7.14. The predicted molar refractivity (Wildman–Crippen MR) is 424 cm³/mol. The molecule has 4 nitrogen and oxygen atoms in total. The third-order valence-corrected chi connectivity index (χ3v) is 21.8. The molecule has 0 fully saturated rings. The number of rotatable bonds is 12. The summed E-state index contributed by atoms with van der Waals surface area (Å²) in [7, 11) is 0. The van der Waals surface area contributed by atoms with Gasteiger partial charge in [-0.25, -0.2) is 19.9 Å². The lowest BCUT2D eigenvalue weighted by Crippen LogP contribution is -2.24. The summed E-state index contributed by atoms with van der Waals surface area (Å²) in [5.41, 5.74) is 30.6. The molecule has 0 radical (unpaired) electrons. The molecular formula is C98H68N4. The summed E-state index contributed by atoms with van der Waals surface area (Å²) >= 11 is 0. The van der Waals surface area contributed by atoms with Crippen molar-refractivity contribution in [3.8, 4) is 135 Å². The predicted octanol–water partition coefficient (Wildman–Crippen LogP) is 25.2. The van der Waals surface area contributed by atoms with Crippen molar-refractivity contribution in [2.45, 2.75) is 38.0 Å². The molecule has 2 heterocycles. The molecule has 2 aliphatic rings. The van der Waals surface area contributed by atoms with E-state index >= 15 is 0 Å². The summed E-state index contributed by atoms with van der Waals surface area (Å²) in [6, 6.07) is 126. The molecule has 0 bridgehead atoms. The molecule has 0 amide bonds. The van der Waals surface area contributed by atoms with Crippen molar-refractivity contribution in [2.24, 2.45) is 0 Å². The number of benzene rings is 15. The van der Waals surface area contributed by atoms with Gasteiger partial charge in [-0.05, 0) is 170 Å². The van der Waals surface area contributed by atoms with Crippen LogP contribution in [-0.4, -0.2) is 19.9 Å². The molecule has 15 aromatic carbocycles. The molecule has 102 heavy (non-hydrogen) atoms. The van der Waals surface area contributed by atoms with Crippen molar-refractivity contribution in [2.75, 3.05) is 0 Å². The topological polar surface area (TPSA) is 51.6 Å². The first-order chi connectivity index (χ1) is 50.2. The van der Waals surface area contributed by atoms with E-state index in [1.54, 1.807) is 0 Å². The fourth-order valence-corrected chi connectivity index (χ4v) is 16.8. The summed E-state index contributed by atoms with van der Waals surface area (Å²) in [6.07, 6.45) is 0.770. The van der Waals surface area contributed by atoms with Crippen LogP contribution in [0.1, 0.15) is 48.6 Å². The van der Waals surface area contributed by atoms with Gasteiger partial charge in [0.05, 0.1) is 22.8 Å². The average Bonchev–Trinajstić information content (AvgIpc) is 1.56. The highest BCUT2D eigenvalue weighted by Gasteiger charge is 2.41. The lowest BCUT2D eigenvalue weighted by Gasteiger charge is -2.28. The monoisotopic (exact) mass is 1300 g/mol. The smallest absolute Gasteiger partial charge is 0.160 e. The van der Waals surface area contributed by atoms with Crippen molar-refractivity contribution in [3.05, 3.63) is 374 Å². The van der Waals surface area contributed by atoms with Crippen molar-refractivity contribution < 1.29 is 0 Å². The second-order valence-corrected chi connectivity index (χ2v) is 28.2. The van der Waals surface area contributed by atoms with Crippen LogP contribution in [0.4, 0.5) is 0 Å². The van der Waals surface area contributed by atoms with Crippen LogP contribution in [0.3, 0.4) is 0 Å². The average molecular weight is 1300 g/mol. The Balaban J connectivity index is 0.661. The molecule has 0 N–H and O–H groups in total. The lowest BCUT2D eigenvalue weighted by atomic mass is 9.75. The first-order valence-electron chi connectivity index (χ1n) is 35.4. The normalized spacial score (nSPS) is 14.0. The first-order valence-corrected chi connectivity index (χ1v) is 35.4. The highest BCUT2D eigenvalue weighted by Crippen LogP contribution is 2.55. The Labute approximate surface area is 594 Å². The van der Waals surface area contributed by atoms with Crippen molar-refractivity contribution >= 4 is 32.3 Å². The molecule has 0 spiro atoms. The summed E-state index contributed by atoms with van der Waals surface area (Å²) in [5.74, 6) is 1.38. The van der Waals surface area contributed by atoms with Crippen LogP contribution in [0.15, 0.2) is 346 Å². The van der Waals surface area contributed by atoms with E-state index in [4.69, 9.17) is 19.9 Å². The van der Waals surface area contributed by atoms with Gasteiger partial charge in [-0.2, -0.15) is 0 Å². The molecule has 0 aliphatic heterocycles. The van der Waals surface area contributed by atoms with Crippen molar-refractivity contribution in [1.29, 1.82) is 0 Å². The molecule has 2 aliphatic carbocycles. The lowest BCUT2D eigenvalue weighted by molar-refractivity contribution is 0.583. The molecule has 480 valence electrons. The van der Waals surface area contributed by atoms with Crippen LogP contribution in [0.25, 0.3) is 167 Å². The Morgan fingerprint density at radius 2 is 0.627 bits per heavy atom. The van der Waals surface area contributed by atoms with Crippen LogP contribution in [0.5, 0.6) is 0 Å². The Hall–Kier alpha value is -12.8. The van der Waals surface area contributed by atoms with Gasteiger partial charge in [0.2, 0.25) is 0 Å². The minimum Gasteiger partial charge on any atom is -0.228 e. The number of fused-ring (bicyclic) bond motifs is 9. The molecule has 1 unspecified atom stereocenters. The van der Waals surface area contributed by atoms with Gasteiger partial charge in [-0.1, -0.05) is 330 Å². The zero-order valence-corrected chi connectivity index (χ0v) is 56.9. The Morgan fingerprint density at radius 1 is 0.225 bits per heavy atom. The molecular weight excluding hydrogens is 1230 g/mol. The van der Waals surface area contributed by atoms with Gasteiger partial charge in [0, 0.05) is 44.2 Å². The zero-order chi connectivity index (χ0) is 68.0. The van der Waals surface area contributed by atoms with Crippen LogP contribution < -0.4 is 0 Å². The molecule has 0 saturated carbocycles. The summed E-state index contributed by atoms with van der Waals surface area (Å²) in [5, 5.41) is 6.98. The van der Waals surface area contributed by atoms with Gasteiger partial charge in [-0.15, -0.1) is 0 Å². The molecule has 4 heteroatoms. The number of hydrogen-bond acceptors (Lipinski definition) is 4. The summed E-state index contributed by atoms with van der Waals surface area (Å²) in [4.78, 5) is 21.5. The van der Waals surface area contributed by atoms with Gasteiger partial charge in [-0.3, -0.25) is 0 Å². The first kappa shape index (κ1) is 60.4.